The summed E-state index contributed by atoms with van der Waals surface area (Å²) in [5.41, 5.74) is 0. The van der Waals surface area contributed by atoms with Crippen molar-refractivity contribution in [2.75, 3.05) is 39.6 Å². The van der Waals surface area contributed by atoms with Gasteiger partial charge in [-0.2, -0.15) is 0 Å². The van der Waals surface area contributed by atoms with Crippen LogP contribution in [0, 0.1) is 23.7 Å². The summed E-state index contributed by atoms with van der Waals surface area (Å²) in [6.45, 7) is 13.9. The Morgan fingerprint density at radius 3 is 0.826 bits per heavy atom. The molecule has 0 fully saturated rings. The van der Waals surface area contributed by atoms with Crippen molar-refractivity contribution in [1.29, 1.82) is 0 Å². The molecule has 0 bridgehead atoms. The number of carbonyl (C=O) groups excluding carboxylic acids is 4. The molecule has 0 aromatic carbocycles. The third-order valence-electron chi connectivity index (χ3n) is 15.7. The van der Waals surface area contributed by atoms with Crippen LogP contribution in [0.2, 0.25) is 0 Å². The highest BCUT2D eigenvalue weighted by Gasteiger charge is 2.30. The summed E-state index contributed by atoms with van der Waals surface area (Å²) in [6.07, 6.45) is 37.9. The molecule has 0 saturated heterocycles. The number of carbonyl (C=O) groups is 4. The van der Waals surface area contributed by atoms with E-state index in [0.29, 0.717) is 37.5 Å². The van der Waals surface area contributed by atoms with Crippen LogP contribution in [0.25, 0.3) is 0 Å². The number of hydrogen-bond acceptors (Lipinski definition) is 15. The first-order chi connectivity index (χ1) is 41.1. The molecule has 86 heavy (non-hydrogen) atoms. The lowest BCUT2D eigenvalue weighted by molar-refractivity contribution is -0.161. The van der Waals surface area contributed by atoms with Crippen LogP contribution in [0.4, 0.5) is 0 Å². The zero-order valence-electron chi connectivity index (χ0n) is 55.9. The second-order valence-electron chi connectivity index (χ2n) is 25.9. The molecule has 0 saturated carbocycles. The van der Waals surface area contributed by atoms with E-state index in [2.05, 4.69) is 55.4 Å². The topological polar surface area (TPSA) is 237 Å². The molecule has 0 spiro atoms. The van der Waals surface area contributed by atoms with Crippen molar-refractivity contribution in [1.82, 2.24) is 0 Å². The van der Waals surface area contributed by atoms with Crippen molar-refractivity contribution in [3.63, 3.8) is 0 Å². The van der Waals surface area contributed by atoms with Crippen molar-refractivity contribution < 1.29 is 80.2 Å². The molecule has 0 aliphatic heterocycles. The lowest BCUT2D eigenvalue weighted by Gasteiger charge is -2.21. The van der Waals surface area contributed by atoms with Gasteiger partial charge in [0, 0.05) is 25.7 Å². The maximum absolute atomic E-state index is 13.0. The zero-order chi connectivity index (χ0) is 63.9. The number of unbranched alkanes of at least 4 members (excludes halogenated alkanes) is 29. The number of aliphatic hydroxyl groups excluding tert-OH is 1. The highest BCUT2D eigenvalue weighted by molar-refractivity contribution is 7.47. The molecule has 3 N–H and O–H groups in total. The van der Waals surface area contributed by atoms with Crippen molar-refractivity contribution in [3.8, 4) is 0 Å². The smallest absolute Gasteiger partial charge is 0.462 e. The zero-order valence-corrected chi connectivity index (χ0v) is 57.7. The molecular weight excluding hydrogens is 1140 g/mol. The van der Waals surface area contributed by atoms with Crippen molar-refractivity contribution in [2.24, 2.45) is 23.7 Å². The van der Waals surface area contributed by atoms with Crippen LogP contribution in [0.15, 0.2) is 0 Å². The molecule has 0 aromatic heterocycles. The van der Waals surface area contributed by atoms with Crippen LogP contribution >= 0.6 is 15.6 Å². The number of phosphoric acid groups is 2. The highest BCUT2D eigenvalue weighted by Crippen LogP contribution is 2.45. The van der Waals surface area contributed by atoms with E-state index >= 15 is 0 Å². The van der Waals surface area contributed by atoms with E-state index < -0.39 is 97.5 Å². The van der Waals surface area contributed by atoms with Crippen molar-refractivity contribution >= 4 is 39.5 Å². The number of aliphatic hydroxyl groups is 1. The van der Waals surface area contributed by atoms with E-state index in [1.54, 1.807) is 0 Å². The van der Waals surface area contributed by atoms with Crippen molar-refractivity contribution in [2.45, 2.75) is 343 Å². The third-order valence-corrected chi connectivity index (χ3v) is 17.6. The number of phosphoric ester groups is 2. The molecule has 6 atom stereocenters. The Labute approximate surface area is 524 Å². The maximum atomic E-state index is 13.0. The number of rotatable bonds is 64. The van der Waals surface area contributed by atoms with E-state index in [9.17, 15) is 43.2 Å². The number of esters is 4. The van der Waals surface area contributed by atoms with Gasteiger partial charge in [0.1, 0.15) is 19.3 Å². The Morgan fingerprint density at radius 2 is 0.558 bits per heavy atom. The lowest BCUT2D eigenvalue weighted by atomic mass is 10.00. The van der Waals surface area contributed by atoms with Gasteiger partial charge in [-0.3, -0.25) is 37.3 Å². The third kappa shape index (κ3) is 59.7. The number of ether oxygens (including phenoxy) is 4. The summed E-state index contributed by atoms with van der Waals surface area (Å²) in [7, 11) is -9.89. The molecule has 0 amide bonds. The van der Waals surface area contributed by atoms with Crippen LogP contribution in [-0.2, 0) is 65.4 Å². The molecule has 0 aliphatic rings. The minimum Gasteiger partial charge on any atom is -0.462 e. The van der Waals surface area contributed by atoms with Gasteiger partial charge in [-0.1, -0.05) is 274 Å². The summed E-state index contributed by atoms with van der Waals surface area (Å²) in [6, 6.07) is 0. The number of hydrogen-bond donors (Lipinski definition) is 3. The van der Waals surface area contributed by atoms with Crippen molar-refractivity contribution in [3.05, 3.63) is 0 Å². The average Bonchev–Trinajstić information content (AvgIpc) is 3.68. The van der Waals surface area contributed by atoms with Crippen LogP contribution in [-0.4, -0.2) is 96.7 Å². The fourth-order valence-electron chi connectivity index (χ4n) is 9.93. The van der Waals surface area contributed by atoms with Gasteiger partial charge >= 0.3 is 39.5 Å². The fraction of sp³-hybridized carbons (Fsp3) is 0.940. The fourth-order valence-corrected chi connectivity index (χ4v) is 11.5. The average molecular weight is 1270 g/mol. The molecule has 19 heteroatoms. The highest BCUT2D eigenvalue weighted by atomic mass is 31.2. The Bertz CT molecular complexity index is 1720. The summed E-state index contributed by atoms with van der Waals surface area (Å²) >= 11 is 0. The molecule has 17 nitrogen and oxygen atoms in total. The summed E-state index contributed by atoms with van der Waals surface area (Å²) in [5, 5.41) is 10.5. The Kier molecular flexibility index (Phi) is 55.7. The summed E-state index contributed by atoms with van der Waals surface area (Å²) < 4.78 is 68.0. The second kappa shape index (κ2) is 57.0. The molecule has 510 valence electrons. The van der Waals surface area contributed by atoms with Gasteiger partial charge in [0.15, 0.2) is 12.2 Å². The van der Waals surface area contributed by atoms with Crippen LogP contribution in [0.1, 0.15) is 325 Å². The minimum absolute atomic E-state index is 0.101. The van der Waals surface area contributed by atoms with Gasteiger partial charge in [0.2, 0.25) is 0 Å². The normalized spacial score (nSPS) is 14.7. The van der Waals surface area contributed by atoms with Gasteiger partial charge in [-0.05, 0) is 49.4 Å². The van der Waals surface area contributed by atoms with Gasteiger partial charge in [0.25, 0.3) is 0 Å². The Morgan fingerprint density at radius 1 is 0.326 bits per heavy atom. The summed E-state index contributed by atoms with van der Waals surface area (Å²) in [5.74, 6) is 0.752. The molecule has 0 heterocycles. The monoisotopic (exact) mass is 1270 g/mol. The predicted molar refractivity (Wildman–Crippen MR) is 344 cm³/mol. The first kappa shape index (κ1) is 84.1. The maximum Gasteiger partial charge on any atom is 0.472 e. The van der Waals surface area contributed by atoms with E-state index in [-0.39, 0.29) is 25.7 Å². The predicted octanol–water partition coefficient (Wildman–Crippen LogP) is 18.5. The van der Waals surface area contributed by atoms with E-state index in [4.69, 9.17) is 37.0 Å². The Balaban J connectivity index is 5.18. The largest absolute Gasteiger partial charge is 0.472 e. The van der Waals surface area contributed by atoms with Crippen LogP contribution < -0.4 is 0 Å². The van der Waals surface area contributed by atoms with Gasteiger partial charge in [-0.25, -0.2) is 9.13 Å². The van der Waals surface area contributed by atoms with E-state index in [1.807, 2.05) is 0 Å². The van der Waals surface area contributed by atoms with Gasteiger partial charge in [-0.15, -0.1) is 0 Å². The first-order valence-corrected chi connectivity index (χ1v) is 37.7. The molecule has 0 radical (unpaired) electrons. The Hall–Kier alpha value is -1.94. The molecule has 0 aliphatic carbocycles. The lowest BCUT2D eigenvalue weighted by Crippen LogP contribution is -2.30. The summed E-state index contributed by atoms with van der Waals surface area (Å²) in [4.78, 5) is 72.3. The second-order valence-corrected chi connectivity index (χ2v) is 28.8. The van der Waals surface area contributed by atoms with Crippen LogP contribution in [0.5, 0.6) is 0 Å². The first-order valence-electron chi connectivity index (χ1n) is 34.7. The molecular formula is C67H130O17P2. The van der Waals surface area contributed by atoms with E-state index in [1.165, 1.54) is 122 Å². The molecule has 4 unspecified atom stereocenters. The molecule has 0 rings (SSSR count). The van der Waals surface area contributed by atoms with Gasteiger partial charge in [0.05, 0.1) is 26.4 Å². The quantitative estimate of drug-likeness (QED) is 0.0222. The SMILES string of the molecule is CCC(C)CCCCCCCCC(=O)O[C@H](COC(=O)CCCCCCCCCC(C)C)COP(=O)(O)OCC(O)COP(=O)(O)OC[C@@H](COC(=O)CCCCCCCCCCCCCCCCC(C)C)OC(=O)CCCCCCCCC(C)C. The van der Waals surface area contributed by atoms with E-state index in [0.717, 1.165) is 108 Å². The standard InChI is InChI=1S/C67H130O17P2/c1-9-60(8)46-38-30-24-26-34-42-50-67(72)84-63(54-78-65(70)48-40-32-22-18-20-28-36-44-58(4)5)56-82-86(75,76)80-52-61(68)51-79-85(73,74)81-55-62(83-66(71)49-41-33-25-23-29-37-45-59(6)7)53-77-64(69)47-39-31-21-17-15-13-11-10-12-14-16-19-27-35-43-57(2)3/h57-63,68H,9-56H2,1-8H3,(H,73,74)(H,75,76)/t60?,61?,62-,63-/m1/s1. The minimum atomic E-state index is -4.95. The van der Waals surface area contributed by atoms with Crippen LogP contribution in [0.3, 0.4) is 0 Å². The molecule has 0 aromatic rings. The van der Waals surface area contributed by atoms with Gasteiger partial charge < -0.3 is 33.8 Å².